The first-order valence-electron chi connectivity index (χ1n) is 7.00. The highest BCUT2D eigenvalue weighted by Crippen LogP contribution is 2.30. The standard InChI is InChI=1S/C16H13F4N3O2/c1-8-5-13(9(2)21-7-8)22-15(25)23-14(24)11-4-3-10(6-12(11)17)16(18,19)20/h3-7H,1-2H3,(H2,22,23,24,25). The molecule has 9 heteroatoms. The van der Waals surface area contributed by atoms with Crippen LogP contribution in [0.2, 0.25) is 0 Å². The zero-order valence-electron chi connectivity index (χ0n) is 13.2. The lowest BCUT2D eigenvalue weighted by Gasteiger charge is -2.11. The van der Waals surface area contributed by atoms with Crippen molar-refractivity contribution in [1.29, 1.82) is 0 Å². The maximum absolute atomic E-state index is 13.7. The number of carbonyl (C=O) groups is 2. The van der Waals surface area contributed by atoms with Gasteiger partial charge in [-0.25, -0.2) is 9.18 Å². The zero-order chi connectivity index (χ0) is 18.8. The Morgan fingerprint density at radius 2 is 1.80 bits per heavy atom. The average Bonchev–Trinajstić information content (AvgIpc) is 2.49. The number of imide groups is 1. The van der Waals surface area contributed by atoms with Crippen LogP contribution in [0, 0.1) is 19.7 Å². The first kappa shape index (κ1) is 18.4. The molecule has 0 unspecified atom stereocenters. The van der Waals surface area contributed by atoms with Gasteiger partial charge in [-0.1, -0.05) is 0 Å². The lowest BCUT2D eigenvalue weighted by Crippen LogP contribution is -2.35. The van der Waals surface area contributed by atoms with Gasteiger partial charge < -0.3 is 5.32 Å². The van der Waals surface area contributed by atoms with Crippen LogP contribution in [0.3, 0.4) is 0 Å². The van der Waals surface area contributed by atoms with Crippen molar-refractivity contribution in [3.05, 3.63) is 58.7 Å². The molecule has 2 N–H and O–H groups in total. The van der Waals surface area contributed by atoms with Gasteiger partial charge in [0.25, 0.3) is 5.91 Å². The molecule has 0 spiro atoms. The van der Waals surface area contributed by atoms with E-state index in [0.29, 0.717) is 23.5 Å². The number of hydrogen-bond donors (Lipinski definition) is 2. The van der Waals surface area contributed by atoms with E-state index in [4.69, 9.17) is 0 Å². The second kappa shape index (κ2) is 6.88. The van der Waals surface area contributed by atoms with E-state index in [1.807, 2.05) is 5.32 Å². The van der Waals surface area contributed by atoms with Crippen LogP contribution in [0.4, 0.5) is 28.0 Å². The number of nitrogens with zero attached hydrogens (tertiary/aromatic N) is 1. The van der Waals surface area contributed by atoms with Gasteiger partial charge in [-0.15, -0.1) is 0 Å². The molecule has 1 heterocycles. The Balaban J connectivity index is 2.11. The summed E-state index contributed by atoms with van der Waals surface area (Å²) >= 11 is 0. The quantitative estimate of drug-likeness (QED) is 0.805. The van der Waals surface area contributed by atoms with E-state index in [0.717, 1.165) is 5.56 Å². The monoisotopic (exact) mass is 355 g/mol. The maximum atomic E-state index is 13.7. The number of aromatic nitrogens is 1. The number of aryl methyl sites for hydroxylation is 2. The van der Waals surface area contributed by atoms with Gasteiger partial charge in [-0.3, -0.25) is 15.1 Å². The topological polar surface area (TPSA) is 71.1 Å². The smallest absolute Gasteiger partial charge is 0.306 e. The van der Waals surface area contributed by atoms with Crippen molar-refractivity contribution in [2.45, 2.75) is 20.0 Å². The molecule has 2 aromatic rings. The summed E-state index contributed by atoms with van der Waals surface area (Å²) in [6, 6.07) is 2.08. The molecule has 0 atom stereocenters. The summed E-state index contributed by atoms with van der Waals surface area (Å²) in [5.41, 5.74) is -0.303. The molecule has 5 nitrogen and oxygen atoms in total. The molecule has 0 saturated carbocycles. The highest BCUT2D eigenvalue weighted by atomic mass is 19.4. The van der Waals surface area contributed by atoms with Gasteiger partial charge in [0.1, 0.15) is 5.82 Å². The summed E-state index contributed by atoms with van der Waals surface area (Å²) in [6.07, 6.45) is -3.15. The molecule has 0 aliphatic carbocycles. The summed E-state index contributed by atoms with van der Waals surface area (Å²) in [7, 11) is 0. The van der Waals surface area contributed by atoms with E-state index in [-0.39, 0.29) is 6.07 Å². The van der Waals surface area contributed by atoms with Crippen molar-refractivity contribution >= 4 is 17.6 Å². The van der Waals surface area contributed by atoms with Gasteiger partial charge in [0.2, 0.25) is 0 Å². The molecule has 25 heavy (non-hydrogen) atoms. The first-order valence-corrected chi connectivity index (χ1v) is 7.00. The highest BCUT2D eigenvalue weighted by Gasteiger charge is 2.31. The molecule has 3 amide bonds. The van der Waals surface area contributed by atoms with Crippen LogP contribution >= 0.6 is 0 Å². The van der Waals surface area contributed by atoms with E-state index in [2.05, 4.69) is 10.3 Å². The lowest BCUT2D eigenvalue weighted by atomic mass is 10.1. The van der Waals surface area contributed by atoms with Crippen molar-refractivity contribution in [3.63, 3.8) is 0 Å². The number of rotatable bonds is 2. The van der Waals surface area contributed by atoms with Gasteiger partial charge in [0.15, 0.2) is 0 Å². The van der Waals surface area contributed by atoms with Gasteiger partial charge >= 0.3 is 12.2 Å². The predicted octanol–water partition coefficient (Wildman–Crippen LogP) is 3.82. The lowest BCUT2D eigenvalue weighted by molar-refractivity contribution is -0.137. The molecule has 1 aromatic carbocycles. The Bertz CT molecular complexity index is 835. The molecule has 0 aliphatic rings. The van der Waals surface area contributed by atoms with Crippen LogP contribution in [0.25, 0.3) is 0 Å². The normalized spacial score (nSPS) is 11.1. The number of anilines is 1. The number of halogens is 4. The number of hydrogen-bond acceptors (Lipinski definition) is 3. The van der Waals surface area contributed by atoms with Crippen LogP contribution in [-0.4, -0.2) is 16.9 Å². The molecular weight excluding hydrogens is 342 g/mol. The van der Waals surface area contributed by atoms with E-state index < -0.39 is 35.1 Å². The predicted molar refractivity (Wildman–Crippen MR) is 81.6 cm³/mol. The van der Waals surface area contributed by atoms with Gasteiger partial charge in [0.05, 0.1) is 22.5 Å². The summed E-state index contributed by atoms with van der Waals surface area (Å²) in [6.45, 7) is 3.38. The summed E-state index contributed by atoms with van der Waals surface area (Å²) < 4.78 is 51.2. The summed E-state index contributed by atoms with van der Waals surface area (Å²) in [5.74, 6) is -2.55. The van der Waals surface area contributed by atoms with Crippen LogP contribution in [-0.2, 0) is 6.18 Å². The third kappa shape index (κ3) is 4.52. The molecule has 0 radical (unpaired) electrons. The molecule has 2 rings (SSSR count). The fourth-order valence-electron chi connectivity index (χ4n) is 1.96. The molecular formula is C16H13F4N3O2. The third-order valence-electron chi connectivity index (χ3n) is 3.24. The minimum Gasteiger partial charge on any atom is -0.306 e. The first-order chi connectivity index (χ1) is 11.6. The summed E-state index contributed by atoms with van der Waals surface area (Å²) in [5, 5.41) is 4.22. The van der Waals surface area contributed by atoms with Crippen molar-refractivity contribution in [1.82, 2.24) is 10.3 Å². The highest BCUT2D eigenvalue weighted by molar-refractivity contribution is 6.08. The molecule has 0 bridgehead atoms. The SMILES string of the molecule is Cc1cnc(C)c(NC(=O)NC(=O)c2ccc(C(F)(F)F)cc2F)c1. The van der Waals surface area contributed by atoms with Crippen LogP contribution < -0.4 is 10.6 Å². The maximum Gasteiger partial charge on any atom is 0.416 e. The molecule has 0 saturated heterocycles. The Morgan fingerprint density at radius 3 is 2.40 bits per heavy atom. The summed E-state index contributed by atoms with van der Waals surface area (Å²) in [4.78, 5) is 27.7. The molecule has 1 aromatic heterocycles. The van der Waals surface area contributed by atoms with E-state index in [9.17, 15) is 27.2 Å². The van der Waals surface area contributed by atoms with Crippen molar-refractivity contribution in [3.8, 4) is 0 Å². The van der Waals surface area contributed by atoms with Crippen LogP contribution in [0.5, 0.6) is 0 Å². The Kier molecular flexibility index (Phi) is 5.05. The van der Waals surface area contributed by atoms with Crippen LogP contribution in [0.1, 0.15) is 27.2 Å². The number of urea groups is 1. The molecule has 0 fully saturated rings. The minimum absolute atomic E-state index is 0.196. The van der Waals surface area contributed by atoms with E-state index in [1.54, 1.807) is 26.1 Å². The minimum atomic E-state index is -4.73. The fourth-order valence-corrected chi connectivity index (χ4v) is 1.96. The Labute approximate surface area is 140 Å². The van der Waals surface area contributed by atoms with E-state index >= 15 is 0 Å². The number of pyridine rings is 1. The van der Waals surface area contributed by atoms with Gasteiger partial charge in [-0.2, -0.15) is 13.2 Å². The fraction of sp³-hybridized carbons (Fsp3) is 0.188. The second-order valence-corrected chi connectivity index (χ2v) is 5.25. The number of nitrogens with one attached hydrogen (secondary N) is 2. The third-order valence-corrected chi connectivity index (χ3v) is 3.24. The van der Waals surface area contributed by atoms with Crippen LogP contribution in [0.15, 0.2) is 30.5 Å². The Morgan fingerprint density at radius 1 is 1.12 bits per heavy atom. The Hall–Kier alpha value is -2.97. The van der Waals surface area contributed by atoms with Gasteiger partial charge in [-0.05, 0) is 43.7 Å². The van der Waals surface area contributed by atoms with E-state index in [1.165, 1.54) is 0 Å². The second-order valence-electron chi connectivity index (χ2n) is 5.25. The number of amides is 3. The molecule has 132 valence electrons. The zero-order valence-corrected chi connectivity index (χ0v) is 13.2. The number of carbonyl (C=O) groups excluding carboxylic acids is 2. The largest absolute Gasteiger partial charge is 0.416 e. The van der Waals surface area contributed by atoms with Crippen molar-refractivity contribution < 1.29 is 27.2 Å². The average molecular weight is 355 g/mol. The van der Waals surface area contributed by atoms with Crippen molar-refractivity contribution in [2.75, 3.05) is 5.32 Å². The van der Waals surface area contributed by atoms with Gasteiger partial charge in [0, 0.05) is 6.20 Å². The number of alkyl halides is 3. The van der Waals surface area contributed by atoms with Crippen molar-refractivity contribution in [2.24, 2.45) is 0 Å². The molecule has 0 aliphatic heterocycles. The number of benzene rings is 1.